The summed E-state index contributed by atoms with van der Waals surface area (Å²) < 4.78 is 13.3. The van der Waals surface area contributed by atoms with Crippen LogP contribution in [0.5, 0.6) is 5.75 Å². The molecule has 5 nitrogen and oxygen atoms in total. The van der Waals surface area contributed by atoms with Crippen molar-refractivity contribution in [3.63, 3.8) is 0 Å². The molecule has 0 aliphatic heterocycles. The van der Waals surface area contributed by atoms with Crippen LogP contribution in [0.25, 0.3) is 0 Å². The second-order valence-corrected chi connectivity index (χ2v) is 6.36. The molecule has 2 aromatic rings. The Morgan fingerprint density at radius 1 is 1.20 bits per heavy atom. The van der Waals surface area contributed by atoms with Crippen LogP contribution in [0.15, 0.2) is 42.5 Å². The van der Waals surface area contributed by atoms with Gasteiger partial charge >= 0.3 is 6.03 Å². The third kappa shape index (κ3) is 3.91. The predicted octanol–water partition coefficient (Wildman–Crippen LogP) is 2.55. The van der Waals surface area contributed by atoms with Crippen molar-refractivity contribution in [2.24, 2.45) is 0 Å². The Morgan fingerprint density at radius 2 is 2.00 bits per heavy atom. The maximum Gasteiger partial charge on any atom is 0.315 e. The van der Waals surface area contributed by atoms with Crippen molar-refractivity contribution in [3.05, 3.63) is 65.0 Å². The fourth-order valence-corrected chi connectivity index (χ4v) is 3.21. The molecule has 2 aromatic carbocycles. The summed E-state index contributed by atoms with van der Waals surface area (Å²) in [5, 5.41) is 25.4. The van der Waals surface area contributed by atoms with Gasteiger partial charge in [-0.3, -0.25) is 0 Å². The summed E-state index contributed by atoms with van der Waals surface area (Å²) in [5.74, 6) is -1.15. The molecule has 0 heterocycles. The monoisotopic (exact) mass is 344 g/mol. The minimum absolute atomic E-state index is 0.111. The van der Waals surface area contributed by atoms with Crippen LogP contribution < -0.4 is 10.6 Å². The number of aromatic hydroxyl groups is 1. The van der Waals surface area contributed by atoms with Crippen molar-refractivity contribution in [1.82, 2.24) is 10.6 Å². The van der Waals surface area contributed by atoms with E-state index in [4.69, 9.17) is 5.11 Å². The van der Waals surface area contributed by atoms with Crippen LogP contribution >= 0.6 is 0 Å². The van der Waals surface area contributed by atoms with E-state index in [1.807, 2.05) is 24.3 Å². The third-order valence-corrected chi connectivity index (χ3v) is 4.56. The number of hydrogen-bond acceptors (Lipinski definition) is 3. The van der Waals surface area contributed by atoms with Gasteiger partial charge < -0.3 is 20.8 Å². The first-order valence-corrected chi connectivity index (χ1v) is 8.28. The van der Waals surface area contributed by atoms with Gasteiger partial charge in [-0.15, -0.1) is 0 Å². The lowest BCUT2D eigenvalue weighted by molar-refractivity contribution is 0.0217. The molecule has 1 unspecified atom stereocenters. The van der Waals surface area contributed by atoms with Crippen molar-refractivity contribution in [2.45, 2.75) is 31.4 Å². The maximum absolute atomic E-state index is 13.3. The zero-order valence-corrected chi connectivity index (χ0v) is 13.8. The van der Waals surface area contributed by atoms with Gasteiger partial charge in [0.05, 0.1) is 6.54 Å². The third-order valence-electron chi connectivity index (χ3n) is 4.56. The number of aliphatic hydroxyl groups is 1. The zero-order chi connectivity index (χ0) is 17.9. The van der Waals surface area contributed by atoms with E-state index in [1.54, 1.807) is 0 Å². The highest BCUT2D eigenvalue weighted by Crippen LogP contribution is 2.34. The number of phenols is 1. The molecule has 3 rings (SSSR count). The molecule has 4 N–H and O–H groups in total. The van der Waals surface area contributed by atoms with E-state index in [2.05, 4.69) is 10.6 Å². The zero-order valence-electron chi connectivity index (χ0n) is 13.8. The van der Waals surface area contributed by atoms with Gasteiger partial charge in [0.15, 0.2) is 11.6 Å². The first-order valence-electron chi connectivity index (χ1n) is 8.28. The summed E-state index contributed by atoms with van der Waals surface area (Å²) in [4.78, 5) is 12.0. The molecule has 0 spiro atoms. The van der Waals surface area contributed by atoms with Crippen molar-refractivity contribution in [2.75, 3.05) is 6.54 Å². The molecule has 1 atom stereocenters. The first-order chi connectivity index (χ1) is 12.0. The van der Waals surface area contributed by atoms with Crippen LogP contribution in [0, 0.1) is 5.82 Å². The number of hydrogen-bond donors (Lipinski definition) is 4. The van der Waals surface area contributed by atoms with Gasteiger partial charge in [0, 0.05) is 6.54 Å². The van der Waals surface area contributed by atoms with E-state index in [0.717, 1.165) is 24.0 Å². The van der Waals surface area contributed by atoms with E-state index in [-0.39, 0.29) is 13.1 Å². The summed E-state index contributed by atoms with van der Waals surface area (Å²) >= 11 is 0. The normalized spacial score (nSPS) is 19.1. The number of rotatable bonds is 4. The average Bonchev–Trinajstić information content (AvgIpc) is 2.61. The van der Waals surface area contributed by atoms with Gasteiger partial charge in [0.2, 0.25) is 0 Å². The highest BCUT2D eigenvalue weighted by atomic mass is 19.1. The molecule has 132 valence electrons. The lowest BCUT2D eigenvalue weighted by atomic mass is 9.79. The van der Waals surface area contributed by atoms with Crippen molar-refractivity contribution >= 4 is 6.03 Å². The molecule has 0 saturated heterocycles. The molecule has 6 heteroatoms. The maximum atomic E-state index is 13.3. The number of aryl methyl sites for hydroxylation is 1. The average molecular weight is 344 g/mol. The second kappa shape index (κ2) is 7.11. The number of benzene rings is 2. The summed E-state index contributed by atoms with van der Waals surface area (Å²) in [6.45, 7) is 0.234. The summed E-state index contributed by atoms with van der Waals surface area (Å²) in [6, 6.07) is 11.2. The number of nitrogens with one attached hydrogen (secondary N) is 2. The summed E-state index contributed by atoms with van der Waals surface area (Å²) in [5.41, 5.74) is 1.43. The molecular formula is C19H21FN2O3. The number of carbonyl (C=O) groups is 1. The highest BCUT2D eigenvalue weighted by Gasteiger charge is 2.34. The Bertz CT molecular complexity index is 781. The molecule has 1 aliphatic rings. The Labute approximate surface area is 145 Å². The smallest absolute Gasteiger partial charge is 0.315 e. The lowest BCUT2D eigenvalue weighted by Gasteiger charge is -2.34. The molecule has 1 aliphatic carbocycles. The minimum Gasteiger partial charge on any atom is -0.505 e. The van der Waals surface area contributed by atoms with Crippen molar-refractivity contribution in [3.8, 4) is 5.75 Å². The standard InChI is InChI=1S/C19H21FN2O3/c20-16-10-13(7-8-17(16)23)11-21-18(24)22-12-19(25)9-3-5-14-4-1-2-6-15(14)19/h1-2,4,6-8,10,23,25H,3,5,9,11-12H2,(H2,21,22,24). The van der Waals surface area contributed by atoms with Crippen LogP contribution in [0.1, 0.15) is 29.5 Å². The van der Waals surface area contributed by atoms with Gasteiger partial charge in [-0.05, 0) is 48.1 Å². The first kappa shape index (κ1) is 17.2. The Morgan fingerprint density at radius 3 is 2.80 bits per heavy atom. The lowest BCUT2D eigenvalue weighted by Crippen LogP contribution is -2.46. The van der Waals surface area contributed by atoms with Gasteiger partial charge in [0.1, 0.15) is 5.60 Å². The number of urea groups is 1. The van der Waals surface area contributed by atoms with Gasteiger partial charge in [-0.25, -0.2) is 9.18 Å². The summed E-state index contributed by atoms with van der Waals surface area (Å²) in [6.07, 6.45) is 2.38. The van der Waals surface area contributed by atoms with E-state index < -0.39 is 23.2 Å². The number of halogens is 1. The molecule has 0 aromatic heterocycles. The fourth-order valence-electron chi connectivity index (χ4n) is 3.21. The van der Waals surface area contributed by atoms with E-state index in [1.165, 1.54) is 18.2 Å². The number of phenolic OH excluding ortho intramolecular Hbond substituents is 1. The van der Waals surface area contributed by atoms with Crippen LogP contribution in [0.4, 0.5) is 9.18 Å². The number of fused-ring (bicyclic) bond motifs is 1. The topological polar surface area (TPSA) is 81.6 Å². The summed E-state index contributed by atoms with van der Waals surface area (Å²) in [7, 11) is 0. The van der Waals surface area contributed by atoms with Crippen LogP contribution in [0.3, 0.4) is 0 Å². The van der Waals surface area contributed by atoms with E-state index in [0.29, 0.717) is 12.0 Å². The molecule has 0 fully saturated rings. The second-order valence-electron chi connectivity index (χ2n) is 6.36. The minimum atomic E-state index is -1.07. The van der Waals surface area contributed by atoms with E-state index in [9.17, 15) is 14.3 Å². The quantitative estimate of drug-likeness (QED) is 0.688. The predicted molar refractivity (Wildman–Crippen MR) is 91.6 cm³/mol. The van der Waals surface area contributed by atoms with Gasteiger partial charge in [0.25, 0.3) is 0 Å². The fraction of sp³-hybridized carbons (Fsp3) is 0.316. The molecule has 25 heavy (non-hydrogen) atoms. The molecule has 0 bridgehead atoms. The van der Waals surface area contributed by atoms with Crippen molar-refractivity contribution in [1.29, 1.82) is 0 Å². The van der Waals surface area contributed by atoms with Crippen LogP contribution in [0.2, 0.25) is 0 Å². The Hall–Kier alpha value is -2.60. The van der Waals surface area contributed by atoms with Crippen molar-refractivity contribution < 1.29 is 19.4 Å². The SMILES string of the molecule is O=C(NCc1ccc(O)c(F)c1)NCC1(O)CCCc2ccccc21. The van der Waals surface area contributed by atoms with E-state index >= 15 is 0 Å². The Balaban J connectivity index is 1.56. The molecule has 0 saturated carbocycles. The van der Waals surface area contributed by atoms with Crippen LogP contribution in [-0.4, -0.2) is 22.8 Å². The molecule has 2 amide bonds. The number of amides is 2. The highest BCUT2D eigenvalue weighted by molar-refractivity contribution is 5.74. The number of carbonyl (C=O) groups excluding carboxylic acids is 1. The molecular weight excluding hydrogens is 323 g/mol. The van der Waals surface area contributed by atoms with Gasteiger partial charge in [-0.2, -0.15) is 0 Å². The van der Waals surface area contributed by atoms with Crippen LogP contribution in [-0.2, 0) is 18.6 Å². The van der Waals surface area contributed by atoms with Gasteiger partial charge in [-0.1, -0.05) is 30.3 Å². The molecule has 0 radical (unpaired) electrons. The largest absolute Gasteiger partial charge is 0.505 e. The Kier molecular flexibility index (Phi) is 4.90.